The van der Waals surface area contributed by atoms with E-state index in [0.717, 1.165) is 0 Å². The quantitative estimate of drug-likeness (QED) is 0.143. The van der Waals surface area contributed by atoms with Crippen LogP contribution in [-0.4, -0.2) is 0 Å². The van der Waals surface area contributed by atoms with Crippen molar-refractivity contribution in [1.29, 1.82) is 52.6 Å². The summed E-state index contributed by atoms with van der Waals surface area (Å²) in [5.41, 5.74) is 6.70. The third-order valence-electron chi connectivity index (χ3n) is 12.1. The SMILES string of the molecule is N#CC1=C(c2ccccc2)/C(=C(/C#N)c2cc(C#N)cc(C#N)c2)c2c1c(-c1ccc(C#N)cc1)c1c(c2-c2ccc(C#N)cc2)C(C#N)=C(c2ccccc2)/C1=C(/C#N)c1cc(C#N)cc(C#N)c1. The van der Waals surface area contributed by atoms with Crippen molar-refractivity contribution in [3.63, 3.8) is 0 Å². The highest BCUT2D eigenvalue weighted by atomic mass is 14.5. The van der Waals surface area contributed by atoms with Gasteiger partial charge in [-0.05, 0) is 105 Å². The van der Waals surface area contributed by atoms with Gasteiger partial charge in [-0.1, -0.05) is 84.9 Å². The molecule has 0 saturated heterocycles. The minimum absolute atomic E-state index is 0.00539. The molecule has 0 spiro atoms. The summed E-state index contributed by atoms with van der Waals surface area (Å²) in [6.07, 6.45) is 0. The summed E-state index contributed by atoms with van der Waals surface area (Å²) < 4.78 is 0. The third-order valence-corrected chi connectivity index (χ3v) is 12.1. The molecule has 10 heteroatoms. The summed E-state index contributed by atoms with van der Waals surface area (Å²) in [7, 11) is 0. The molecule has 0 unspecified atom stereocenters. The molecule has 0 fully saturated rings. The minimum atomic E-state index is -0.00539. The van der Waals surface area contributed by atoms with Crippen molar-refractivity contribution >= 4 is 44.6 Å². The molecule has 7 aromatic carbocycles. The second-order valence-electron chi connectivity index (χ2n) is 15.9. The maximum atomic E-state index is 11.8. The zero-order chi connectivity index (χ0) is 49.1. The second-order valence-corrected chi connectivity index (χ2v) is 15.9. The van der Waals surface area contributed by atoms with E-state index in [4.69, 9.17) is 0 Å². The molecule has 0 atom stereocenters. The Morgan fingerprint density at radius 3 is 0.857 bits per heavy atom. The van der Waals surface area contributed by atoms with Crippen molar-refractivity contribution in [2.75, 3.05) is 0 Å². The Morgan fingerprint density at radius 2 is 0.586 bits per heavy atom. The zero-order valence-corrected chi connectivity index (χ0v) is 36.3. The summed E-state index contributed by atoms with van der Waals surface area (Å²) in [6, 6.07) is 62.3. The van der Waals surface area contributed by atoms with Gasteiger partial charge in [0.1, 0.15) is 24.3 Å². The van der Waals surface area contributed by atoms with Crippen LogP contribution in [0.25, 0.3) is 66.8 Å². The van der Waals surface area contributed by atoms with Crippen LogP contribution in [-0.2, 0) is 0 Å². The van der Waals surface area contributed by atoms with Crippen LogP contribution in [0.1, 0.15) is 77.9 Å². The third kappa shape index (κ3) is 7.08. The molecule has 2 aliphatic rings. The van der Waals surface area contributed by atoms with Gasteiger partial charge in [-0.3, -0.25) is 0 Å². The van der Waals surface area contributed by atoms with Crippen LogP contribution in [0.2, 0.25) is 0 Å². The number of hydrogen-bond acceptors (Lipinski definition) is 10. The lowest BCUT2D eigenvalue weighted by molar-refractivity contribution is 1.42. The Hall–Kier alpha value is -11.6. The highest BCUT2D eigenvalue weighted by molar-refractivity contribution is 6.39. The van der Waals surface area contributed by atoms with Crippen molar-refractivity contribution in [2.45, 2.75) is 0 Å². The van der Waals surface area contributed by atoms with E-state index in [1.807, 2.05) is 0 Å². The van der Waals surface area contributed by atoms with Crippen LogP contribution in [0.15, 0.2) is 146 Å². The molecule has 0 N–H and O–H groups in total. The fraction of sp³-hybridized carbons (Fsp3) is 0. The standard InChI is InChI=1S/C60H24N10/c61-25-35-11-15-43(16-12-35)53-57-49(33-69)51(41-7-3-1-4-8-41)55(47(31-67)45-21-37(27-63)19-38(22-45)28-64)59(57)54(44-17-13-36(26-62)14-18-44)58-50(34-70)52(42-9-5-2-6-10-42)56(60(53)58)48(32-68)46-23-39(29-65)20-40(24-46)30-66/h1-24H/b55-47+,56-48+. The first-order valence-corrected chi connectivity index (χ1v) is 21.2. The molecule has 0 radical (unpaired) electrons. The van der Waals surface area contributed by atoms with Gasteiger partial charge in [0.2, 0.25) is 0 Å². The first-order chi connectivity index (χ1) is 34.3. The Bertz CT molecular complexity index is 3730. The van der Waals surface area contributed by atoms with E-state index in [9.17, 15) is 52.6 Å². The summed E-state index contributed by atoms with van der Waals surface area (Å²) in [5.74, 6) is 0. The molecule has 0 saturated carbocycles. The van der Waals surface area contributed by atoms with Gasteiger partial charge in [-0.2, -0.15) is 52.6 Å². The first kappa shape index (κ1) is 43.6. The monoisotopic (exact) mass is 884 g/mol. The average Bonchev–Trinajstić information content (AvgIpc) is 3.94. The maximum absolute atomic E-state index is 11.8. The zero-order valence-electron chi connectivity index (χ0n) is 36.3. The number of fused-ring (bicyclic) bond motifs is 2. The van der Waals surface area contributed by atoms with Gasteiger partial charge in [-0.15, -0.1) is 0 Å². The van der Waals surface area contributed by atoms with Crippen LogP contribution in [0.3, 0.4) is 0 Å². The molecule has 0 bridgehead atoms. The molecule has 70 heavy (non-hydrogen) atoms. The van der Waals surface area contributed by atoms with Crippen LogP contribution >= 0.6 is 0 Å². The molecule has 0 aliphatic heterocycles. The Balaban J connectivity index is 1.66. The highest BCUT2D eigenvalue weighted by Crippen LogP contribution is 2.63. The fourth-order valence-corrected chi connectivity index (χ4v) is 9.34. The largest absolute Gasteiger partial charge is 0.192 e. The van der Waals surface area contributed by atoms with Crippen LogP contribution in [0.4, 0.5) is 0 Å². The van der Waals surface area contributed by atoms with Crippen LogP contribution in [0.5, 0.6) is 0 Å². The Morgan fingerprint density at radius 1 is 0.271 bits per heavy atom. The average molecular weight is 885 g/mol. The Kier molecular flexibility index (Phi) is 11.3. The second kappa shape index (κ2) is 18.1. The number of hydrogen-bond donors (Lipinski definition) is 0. The van der Waals surface area contributed by atoms with E-state index in [0.29, 0.717) is 77.9 Å². The van der Waals surface area contributed by atoms with Crippen molar-refractivity contribution in [3.8, 4) is 82.9 Å². The summed E-state index contributed by atoms with van der Waals surface area (Å²) in [5, 5.41) is 107. The van der Waals surface area contributed by atoms with Crippen LogP contribution < -0.4 is 0 Å². The van der Waals surface area contributed by atoms with Gasteiger partial charge in [0, 0.05) is 44.5 Å². The topological polar surface area (TPSA) is 238 Å². The van der Waals surface area contributed by atoms with Crippen molar-refractivity contribution in [3.05, 3.63) is 223 Å². The highest BCUT2D eigenvalue weighted by Gasteiger charge is 2.44. The molecule has 314 valence electrons. The van der Waals surface area contributed by atoms with Gasteiger partial charge < -0.3 is 0 Å². The van der Waals surface area contributed by atoms with Gasteiger partial charge >= 0.3 is 0 Å². The number of nitrogens with zero attached hydrogens (tertiary/aromatic N) is 10. The lowest BCUT2D eigenvalue weighted by Gasteiger charge is -2.24. The van der Waals surface area contributed by atoms with E-state index in [-0.39, 0.29) is 66.8 Å². The Labute approximate surface area is 401 Å². The molecule has 9 rings (SSSR count). The molecule has 0 aromatic heterocycles. The van der Waals surface area contributed by atoms with E-state index in [2.05, 4.69) is 60.7 Å². The van der Waals surface area contributed by atoms with Crippen molar-refractivity contribution < 1.29 is 0 Å². The van der Waals surface area contributed by atoms with E-state index >= 15 is 0 Å². The number of allylic oxidation sites excluding steroid dienone is 8. The van der Waals surface area contributed by atoms with Gasteiger partial charge in [-0.25, -0.2) is 0 Å². The molecule has 0 heterocycles. The van der Waals surface area contributed by atoms with Gasteiger partial charge in [0.25, 0.3) is 0 Å². The predicted molar refractivity (Wildman–Crippen MR) is 261 cm³/mol. The van der Waals surface area contributed by atoms with E-state index in [1.54, 1.807) is 109 Å². The normalized spacial score (nSPS) is 13.2. The summed E-state index contributed by atoms with van der Waals surface area (Å²) >= 11 is 0. The fourth-order valence-electron chi connectivity index (χ4n) is 9.34. The number of rotatable bonds is 6. The van der Waals surface area contributed by atoms with Gasteiger partial charge in [0.15, 0.2) is 0 Å². The van der Waals surface area contributed by atoms with Crippen molar-refractivity contribution in [2.24, 2.45) is 0 Å². The summed E-state index contributed by atoms with van der Waals surface area (Å²) in [6.45, 7) is 0. The molecule has 2 aliphatic carbocycles. The minimum Gasteiger partial charge on any atom is -0.192 e. The van der Waals surface area contributed by atoms with E-state index < -0.39 is 0 Å². The number of nitriles is 10. The molecule has 0 amide bonds. The molecular formula is C60H24N10. The van der Waals surface area contributed by atoms with E-state index in [1.165, 1.54) is 36.4 Å². The smallest absolute Gasteiger partial charge is 0.100 e. The lowest BCUT2D eigenvalue weighted by Crippen LogP contribution is -2.05. The van der Waals surface area contributed by atoms with Crippen molar-refractivity contribution in [1.82, 2.24) is 0 Å². The summed E-state index contributed by atoms with van der Waals surface area (Å²) in [4.78, 5) is 0. The first-order valence-electron chi connectivity index (χ1n) is 21.2. The molecule has 10 nitrogen and oxygen atoms in total. The number of benzene rings is 7. The van der Waals surface area contributed by atoms with Gasteiger partial charge in [0.05, 0.1) is 92.1 Å². The predicted octanol–water partition coefficient (Wildman–Crippen LogP) is 12.0. The lowest BCUT2D eigenvalue weighted by atomic mass is 9.77. The van der Waals surface area contributed by atoms with Crippen LogP contribution in [0, 0.1) is 113 Å². The molecule has 7 aromatic rings. The maximum Gasteiger partial charge on any atom is 0.100 e. The molecular weight excluding hydrogens is 861 g/mol.